The summed E-state index contributed by atoms with van der Waals surface area (Å²) in [7, 11) is 1.64. The van der Waals surface area contributed by atoms with Gasteiger partial charge in [0.2, 0.25) is 0 Å². The fourth-order valence-electron chi connectivity index (χ4n) is 2.84. The third-order valence-corrected chi connectivity index (χ3v) is 4.76. The average Bonchev–Trinajstić information content (AvgIpc) is 2.95. The van der Waals surface area contributed by atoms with Gasteiger partial charge in [0.1, 0.15) is 5.75 Å². The van der Waals surface area contributed by atoms with Gasteiger partial charge < -0.3 is 15.4 Å². The topological polar surface area (TPSA) is 55.6 Å². The molecule has 2 N–H and O–H groups in total. The van der Waals surface area contributed by atoms with Crippen LogP contribution in [0.3, 0.4) is 0 Å². The van der Waals surface area contributed by atoms with Crippen LogP contribution in [-0.2, 0) is 0 Å². The van der Waals surface area contributed by atoms with E-state index in [0.717, 1.165) is 48.4 Å². The number of ether oxygens (including phenoxy) is 1. The highest BCUT2D eigenvalue weighted by Gasteiger charge is 2.24. The van der Waals surface area contributed by atoms with E-state index < -0.39 is 0 Å². The third kappa shape index (κ3) is 3.73. The van der Waals surface area contributed by atoms with Crippen molar-refractivity contribution in [2.24, 2.45) is 0 Å². The molecule has 0 spiro atoms. The Morgan fingerprint density at radius 2 is 1.88 bits per heavy atom. The van der Waals surface area contributed by atoms with E-state index in [9.17, 15) is 4.79 Å². The number of thiophene rings is 1. The number of amides is 1. The van der Waals surface area contributed by atoms with Crippen molar-refractivity contribution in [1.29, 1.82) is 0 Å². The van der Waals surface area contributed by atoms with Crippen LogP contribution < -0.4 is 10.5 Å². The largest absolute Gasteiger partial charge is 0.496 e. The van der Waals surface area contributed by atoms with Crippen molar-refractivity contribution < 1.29 is 9.53 Å². The number of methoxy groups -OCH3 is 1. The van der Waals surface area contributed by atoms with Crippen LogP contribution >= 0.6 is 11.3 Å². The minimum Gasteiger partial charge on any atom is -0.496 e. The summed E-state index contributed by atoms with van der Waals surface area (Å²) in [5.74, 6) is 0.765. The van der Waals surface area contributed by atoms with Crippen molar-refractivity contribution in [3.63, 3.8) is 0 Å². The molecule has 1 amide bonds. The average molecular weight is 346 g/mol. The van der Waals surface area contributed by atoms with Crippen molar-refractivity contribution >= 4 is 22.2 Å². The van der Waals surface area contributed by atoms with Gasteiger partial charge in [-0.2, -0.15) is 0 Å². The molecule has 0 radical (unpaired) electrons. The minimum atomic E-state index is 0.0102. The Morgan fingerprint density at radius 3 is 2.46 bits per heavy atom. The monoisotopic (exact) mass is 346 g/mol. The zero-order chi connectivity index (χ0) is 17.7. The van der Waals surface area contributed by atoms with Gasteiger partial charge in [-0.25, -0.2) is 0 Å². The second-order valence-corrected chi connectivity index (χ2v) is 6.80. The number of rotatable bonds is 7. The number of nitrogen functional groups attached to an aromatic ring is 1. The molecule has 0 aliphatic carbocycles. The van der Waals surface area contributed by atoms with Crippen LogP contribution in [0.25, 0.3) is 11.1 Å². The quantitative estimate of drug-likeness (QED) is 0.798. The SMILES string of the molecule is CCCN(CCC)C(=O)c1c(-c2cc(C)ccc2OC)csc1N. The van der Waals surface area contributed by atoms with Crippen LogP contribution in [0.15, 0.2) is 23.6 Å². The summed E-state index contributed by atoms with van der Waals surface area (Å²) in [4.78, 5) is 15.0. The van der Waals surface area contributed by atoms with Crippen molar-refractivity contribution in [1.82, 2.24) is 4.90 Å². The summed E-state index contributed by atoms with van der Waals surface area (Å²) >= 11 is 1.41. The van der Waals surface area contributed by atoms with Gasteiger partial charge in [0.05, 0.1) is 17.7 Å². The molecule has 130 valence electrons. The Bertz CT molecular complexity index is 703. The Hall–Kier alpha value is -2.01. The predicted molar refractivity (Wildman–Crippen MR) is 102 cm³/mol. The molecule has 0 bridgehead atoms. The molecule has 0 unspecified atom stereocenters. The molecule has 1 aromatic heterocycles. The number of anilines is 1. The first kappa shape index (κ1) is 18.3. The second-order valence-electron chi connectivity index (χ2n) is 5.88. The van der Waals surface area contributed by atoms with E-state index in [1.165, 1.54) is 11.3 Å². The Kier molecular flexibility index (Phi) is 6.26. The number of carbonyl (C=O) groups excluding carboxylic acids is 1. The van der Waals surface area contributed by atoms with Gasteiger partial charge in [-0.15, -0.1) is 11.3 Å². The third-order valence-electron chi connectivity index (χ3n) is 3.95. The zero-order valence-corrected chi connectivity index (χ0v) is 15.7. The lowest BCUT2D eigenvalue weighted by atomic mass is 10.00. The smallest absolute Gasteiger partial charge is 0.257 e. The number of nitrogens with zero attached hydrogens (tertiary/aromatic N) is 1. The summed E-state index contributed by atoms with van der Waals surface area (Å²) in [6.07, 6.45) is 1.86. The van der Waals surface area contributed by atoms with Gasteiger partial charge in [0.15, 0.2) is 0 Å². The van der Waals surface area contributed by atoms with Gasteiger partial charge >= 0.3 is 0 Å². The molecule has 2 rings (SSSR count). The maximum Gasteiger partial charge on any atom is 0.257 e. The Morgan fingerprint density at radius 1 is 1.21 bits per heavy atom. The number of hydrogen-bond donors (Lipinski definition) is 1. The molecule has 0 saturated carbocycles. The van der Waals surface area contributed by atoms with Crippen LogP contribution in [0.2, 0.25) is 0 Å². The number of nitrogens with two attached hydrogens (primary N) is 1. The molecule has 0 saturated heterocycles. The number of benzene rings is 1. The first-order chi connectivity index (χ1) is 11.5. The maximum atomic E-state index is 13.1. The maximum absolute atomic E-state index is 13.1. The normalized spacial score (nSPS) is 10.7. The molecule has 1 heterocycles. The molecule has 0 atom stereocenters. The van der Waals surface area contributed by atoms with E-state index in [1.54, 1.807) is 7.11 Å². The van der Waals surface area contributed by atoms with Crippen LogP contribution in [0, 0.1) is 6.92 Å². The molecule has 4 nitrogen and oxygen atoms in total. The highest BCUT2D eigenvalue weighted by molar-refractivity contribution is 7.15. The Labute approximate surface area is 148 Å². The zero-order valence-electron chi connectivity index (χ0n) is 14.9. The van der Waals surface area contributed by atoms with E-state index in [2.05, 4.69) is 13.8 Å². The van der Waals surface area contributed by atoms with E-state index in [1.807, 2.05) is 35.4 Å². The van der Waals surface area contributed by atoms with Gasteiger partial charge in [-0.1, -0.05) is 25.5 Å². The molecule has 2 aromatic rings. The number of hydrogen-bond acceptors (Lipinski definition) is 4. The molecular formula is C19H26N2O2S. The number of aryl methyl sites for hydroxylation is 1. The molecule has 24 heavy (non-hydrogen) atoms. The first-order valence-electron chi connectivity index (χ1n) is 8.34. The van der Waals surface area contributed by atoms with Gasteiger partial charge in [0, 0.05) is 29.6 Å². The van der Waals surface area contributed by atoms with Gasteiger partial charge in [-0.05, 0) is 31.9 Å². The van der Waals surface area contributed by atoms with E-state index in [4.69, 9.17) is 10.5 Å². The van der Waals surface area contributed by atoms with Crippen LogP contribution in [0.5, 0.6) is 5.75 Å². The summed E-state index contributed by atoms with van der Waals surface area (Å²) < 4.78 is 5.49. The van der Waals surface area contributed by atoms with E-state index in [0.29, 0.717) is 10.6 Å². The van der Waals surface area contributed by atoms with Crippen molar-refractivity contribution in [3.8, 4) is 16.9 Å². The standard InChI is InChI=1S/C19H26N2O2S/c1-5-9-21(10-6-2)19(22)17-15(12-24-18(17)20)14-11-13(3)7-8-16(14)23-4/h7-8,11-12H,5-6,9-10,20H2,1-4H3. The number of carbonyl (C=O) groups is 1. The fraction of sp³-hybridized carbons (Fsp3) is 0.421. The molecule has 0 aliphatic heterocycles. The van der Waals surface area contributed by atoms with Crippen molar-refractivity contribution in [3.05, 3.63) is 34.7 Å². The minimum absolute atomic E-state index is 0.0102. The van der Waals surface area contributed by atoms with Crippen LogP contribution in [-0.4, -0.2) is 31.0 Å². The highest BCUT2D eigenvalue weighted by atomic mass is 32.1. The summed E-state index contributed by atoms with van der Waals surface area (Å²) in [5.41, 5.74) is 9.67. The van der Waals surface area contributed by atoms with E-state index >= 15 is 0 Å². The van der Waals surface area contributed by atoms with Crippen LogP contribution in [0.1, 0.15) is 42.6 Å². The lowest BCUT2D eigenvalue weighted by molar-refractivity contribution is 0.0758. The summed E-state index contributed by atoms with van der Waals surface area (Å²) in [5, 5.41) is 2.52. The molecular weight excluding hydrogens is 320 g/mol. The second kappa shape index (κ2) is 8.20. The van der Waals surface area contributed by atoms with Crippen LogP contribution in [0.4, 0.5) is 5.00 Å². The Balaban J connectivity index is 2.52. The van der Waals surface area contributed by atoms with Gasteiger partial charge in [0.25, 0.3) is 5.91 Å². The summed E-state index contributed by atoms with van der Waals surface area (Å²) in [6, 6.07) is 5.98. The lowest BCUT2D eigenvalue weighted by Gasteiger charge is -2.22. The molecule has 5 heteroatoms. The van der Waals surface area contributed by atoms with Crippen molar-refractivity contribution in [2.45, 2.75) is 33.6 Å². The lowest BCUT2D eigenvalue weighted by Crippen LogP contribution is -2.33. The molecule has 1 aromatic carbocycles. The van der Waals surface area contributed by atoms with Gasteiger partial charge in [-0.3, -0.25) is 4.79 Å². The fourth-order valence-corrected chi connectivity index (χ4v) is 3.64. The van der Waals surface area contributed by atoms with E-state index in [-0.39, 0.29) is 5.91 Å². The predicted octanol–water partition coefficient (Wildman–Crippen LogP) is 4.58. The summed E-state index contributed by atoms with van der Waals surface area (Å²) in [6.45, 7) is 7.67. The first-order valence-corrected chi connectivity index (χ1v) is 9.22. The van der Waals surface area contributed by atoms with Crippen molar-refractivity contribution in [2.75, 3.05) is 25.9 Å². The molecule has 0 aliphatic rings. The molecule has 0 fully saturated rings. The highest BCUT2D eigenvalue weighted by Crippen LogP contribution is 2.39.